The highest BCUT2D eigenvalue weighted by molar-refractivity contribution is 4.82. The van der Waals surface area contributed by atoms with Crippen molar-refractivity contribution in [3.8, 4) is 0 Å². The standard InChI is InChI=1S/C14H30N2/c1-4-6-12(3)14(11-15)16-9-7-13(5-2)8-10-16/h12-14H,4-11,15H2,1-3H3. The molecular formula is C14H30N2. The van der Waals surface area contributed by atoms with Crippen LogP contribution in [0.3, 0.4) is 0 Å². The van der Waals surface area contributed by atoms with Crippen molar-refractivity contribution in [1.29, 1.82) is 0 Å². The molecule has 2 unspecified atom stereocenters. The van der Waals surface area contributed by atoms with Gasteiger partial charge in [-0.15, -0.1) is 0 Å². The van der Waals surface area contributed by atoms with Crippen LogP contribution in [0.2, 0.25) is 0 Å². The summed E-state index contributed by atoms with van der Waals surface area (Å²) in [5.74, 6) is 1.73. The Hall–Kier alpha value is -0.0800. The maximum atomic E-state index is 5.96. The Bertz CT molecular complexity index is 174. The fourth-order valence-corrected chi connectivity index (χ4v) is 3.08. The molecule has 2 heteroatoms. The third kappa shape index (κ3) is 3.74. The van der Waals surface area contributed by atoms with Crippen molar-refractivity contribution in [2.24, 2.45) is 17.6 Å². The molecule has 1 fully saturated rings. The molecule has 16 heavy (non-hydrogen) atoms. The molecule has 1 saturated heterocycles. The van der Waals surface area contributed by atoms with Crippen molar-refractivity contribution in [2.75, 3.05) is 19.6 Å². The largest absolute Gasteiger partial charge is 0.329 e. The van der Waals surface area contributed by atoms with Crippen molar-refractivity contribution < 1.29 is 0 Å². The van der Waals surface area contributed by atoms with Gasteiger partial charge in [0.1, 0.15) is 0 Å². The quantitative estimate of drug-likeness (QED) is 0.754. The van der Waals surface area contributed by atoms with Crippen LogP contribution in [-0.4, -0.2) is 30.6 Å². The first-order valence-corrected chi connectivity index (χ1v) is 7.17. The predicted molar refractivity (Wildman–Crippen MR) is 71.5 cm³/mol. The van der Waals surface area contributed by atoms with E-state index >= 15 is 0 Å². The molecule has 0 aliphatic carbocycles. The van der Waals surface area contributed by atoms with E-state index in [1.54, 1.807) is 0 Å². The second-order valence-electron chi connectivity index (χ2n) is 5.46. The highest BCUT2D eigenvalue weighted by Crippen LogP contribution is 2.24. The first kappa shape index (κ1) is 14.0. The van der Waals surface area contributed by atoms with Gasteiger partial charge < -0.3 is 5.73 Å². The molecule has 2 nitrogen and oxygen atoms in total. The van der Waals surface area contributed by atoms with E-state index in [4.69, 9.17) is 5.73 Å². The summed E-state index contributed by atoms with van der Waals surface area (Å²) in [5, 5.41) is 0. The lowest BCUT2D eigenvalue weighted by molar-refractivity contribution is 0.0991. The number of nitrogens with two attached hydrogens (primary N) is 1. The highest BCUT2D eigenvalue weighted by atomic mass is 15.2. The van der Waals surface area contributed by atoms with Crippen LogP contribution in [0.1, 0.15) is 52.9 Å². The van der Waals surface area contributed by atoms with Crippen molar-refractivity contribution in [2.45, 2.75) is 58.9 Å². The third-order valence-corrected chi connectivity index (χ3v) is 4.34. The molecule has 0 amide bonds. The molecule has 0 aromatic heterocycles. The Balaban J connectivity index is 2.42. The first-order valence-electron chi connectivity index (χ1n) is 7.17. The number of nitrogens with zero attached hydrogens (tertiary/aromatic N) is 1. The second kappa shape index (κ2) is 7.29. The van der Waals surface area contributed by atoms with Crippen LogP contribution >= 0.6 is 0 Å². The number of hydrogen-bond acceptors (Lipinski definition) is 2. The lowest BCUT2D eigenvalue weighted by atomic mass is 9.90. The summed E-state index contributed by atoms with van der Waals surface area (Å²) < 4.78 is 0. The van der Waals surface area contributed by atoms with Gasteiger partial charge in [0.25, 0.3) is 0 Å². The molecule has 0 spiro atoms. The average molecular weight is 226 g/mol. The first-order chi connectivity index (χ1) is 7.72. The SMILES string of the molecule is CCCC(C)C(CN)N1CCC(CC)CC1. The molecule has 0 aromatic carbocycles. The Morgan fingerprint density at radius 1 is 1.25 bits per heavy atom. The monoisotopic (exact) mass is 226 g/mol. The summed E-state index contributed by atoms with van der Waals surface area (Å²) in [6.07, 6.45) is 6.71. The maximum absolute atomic E-state index is 5.96. The van der Waals surface area contributed by atoms with Crippen molar-refractivity contribution in [1.82, 2.24) is 4.90 Å². The molecular weight excluding hydrogens is 196 g/mol. The molecule has 0 aromatic rings. The highest BCUT2D eigenvalue weighted by Gasteiger charge is 2.26. The Morgan fingerprint density at radius 3 is 2.31 bits per heavy atom. The van der Waals surface area contributed by atoms with Gasteiger partial charge in [-0.2, -0.15) is 0 Å². The minimum absolute atomic E-state index is 0.623. The minimum Gasteiger partial charge on any atom is -0.329 e. The van der Waals surface area contributed by atoms with Gasteiger partial charge >= 0.3 is 0 Å². The lowest BCUT2D eigenvalue weighted by Crippen LogP contribution is -2.48. The van der Waals surface area contributed by atoms with Crippen LogP contribution in [0.5, 0.6) is 0 Å². The Kier molecular flexibility index (Phi) is 6.37. The van der Waals surface area contributed by atoms with Gasteiger partial charge in [0.05, 0.1) is 0 Å². The van der Waals surface area contributed by atoms with Crippen LogP contribution in [0.25, 0.3) is 0 Å². The van der Waals surface area contributed by atoms with Crippen LogP contribution in [0, 0.1) is 11.8 Å². The fourth-order valence-electron chi connectivity index (χ4n) is 3.08. The zero-order valence-electron chi connectivity index (χ0n) is 11.4. The molecule has 1 aliphatic heterocycles. The van der Waals surface area contributed by atoms with E-state index < -0.39 is 0 Å². The van der Waals surface area contributed by atoms with E-state index in [9.17, 15) is 0 Å². The van der Waals surface area contributed by atoms with Gasteiger partial charge in [0.2, 0.25) is 0 Å². The lowest BCUT2D eigenvalue weighted by Gasteiger charge is -2.39. The molecule has 0 bridgehead atoms. The smallest absolute Gasteiger partial charge is 0.0243 e. The summed E-state index contributed by atoms with van der Waals surface area (Å²) in [6, 6.07) is 0.623. The van der Waals surface area contributed by atoms with E-state index in [1.165, 1.54) is 45.2 Å². The van der Waals surface area contributed by atoms with Crippen molar-refractivity contribution >= 4 is 0 Å². The molecule has 2 N–H and O–H groups in total. The summed E-state index contributed by atoms with van der Waals surface area (Å²) >= 11 is 0. The zero-order chi connectivity index (χ0) is 12.0. The summed E-state index contributed by atoms with van der Waals surface area (Å²) in [5.41, 5.74) is 5.96. The second-order valence-corrected chi connectivity index (χ2v) is 5.46. The van der Waals surface area contributed by atoms with Gasteiger partial charge in [-0.1, -0.05) is 33.6 Å². The van der Waals surface area contributed by atoms with E-state index in [-0.39, 0.29) is 0 Å². The van der Waals surface area contributed by atoms with Gasteiger partial charge in [-0.05, 0) is 44.2 Å². The van der Waals surface area contributed by atoms with Crippen molar-refractivity contribution in [3.05, 3.63) is 0 Å². The van der Waals surface area contributed by atoms with Crippen LogP contribution < -0.4 is 5.73 Å². The number of likely N-dealkylation sites (tertiary alicyclic amines) is 1. The van der Waals surface area contributed by atoms with Crippen LogP contribution in [0.15, 0.2) is 0 Å². The van der Waals surface area contributed by atoms with Crippen LogP contribution in [-0.2, 0) is 0 Å². The Morgan fingerprint density at radius 2 is 1.88 bits per heavy atom. The van der Waals surface area contributed by atoms with E-state index in [1.807, 2.05) is 0 Å². The predicted octanol–water partition coefficient (Wildman–Crippen LogP) is 2.87. The summed E-state index contributed by atoms with van der Waals surface area (Å²) in [7, 11) is 0. The van der Waals surface area contributed by atoms with Gasteiger partial charge in [0.15, 0.2) is 0 Å². The Labute approximate surface area is 102 Å². The minimum atomic E-state index is 0.623. The summed E-state index contributed by atoms with van der Waals surface area (Å²) in [6.45, 7) is 10.3. The normalized spacial score (nSPS) is 23.2. The number of hydrogen-bond donors (Lipinski definition) is 1. The topological polar surface area (TPSA) is 29.3 Å². The number of rotatable bonds is 6. The molecule has 96 valence electrons. The van der Waals surface area contributed by atoms with E-state index in [0.29, 0.717) is 6.04 Å². The third-order valence-electron chi connectivity index (χ3n) is 4.34. The van der Waals surface area contributed by atoms with Crippen molar-refractivity contribution in [3.63, 3.8) is 0 Å². The van der Waals surface area contributed by atoms with Gasteiger partial charge in [0, 0.05) is 12.6 Å². The molecule has 1 rings (SSSR count). The zero-order valence-corrected chi connectivity index (χ0v) is 11.4. The average Bonchev–Trinajstić information content (AvgIpc) is 2.31. The molecule has 0 radical (unpaired) electrons. The van der Waals surface area contributed by atoms with E-state index in [2.05, 4.69) is 25.7 Å². The van der Waals surface area contributed by atoms with Gasteiger partial charge in [-0.25, -0.2) is 0 Å². The van der Waals surface area contributed by atoms with Crippen LogP contribution in [0.4, 0.5) is 0 Å². The maximum Gasteiger partial charge on any atom is 0.0243 e. The molecule has 1 heterocycles. The molecule has 2 atom stereocenters. The summed E-state index contributed by atoms with van der Waals surface area (Å²) in [4.78, 5) is 2.65. The van der Waals surface area contributed by atoms with E-state index in [0.717, 1.165) is 18.4 Å². The number of piperidine rings is 1. The van der Waals surface area contributed by atoms with Gasteiger partial charge in [-0.3, -0.25) is 4.90 Å². The molecule has 0 saturated carbocycles. The fraction of sp³-hybridized carbons (Fsp3) is 1.00. The molecule has 1 aliphatic rings.